The molecule has 0 aliphatic carbocycles. The van der Waals surface area contributed by atoms with E-state index >= 15 is 0 Å². The molecule has 0 fully saturated rings. The van der Waals surface area contributed by atoms with Crippen molar-refractivity contribution in [2.24, 2.45) is 0 Å². The monoisotopic (exact) mass is 290 g/mol. The number of carbonyl (C=O) groups is 1. The maximum Gasteiger partial charge on any atom is 0.234 e. The predicted molar refractivity (Wildman–Crippen MR) is 81.6 cm³/mol. The lowest BCUT2D eigenvalue weighted by atomic mass is 10.1. The smallest absolute Gasteiger partial charge is 0.234 e. The quantitative estimate of drug-likeness (QED) is 0.557. The van der Waals surface area contributed by atoms with E-state index in [0.717, 1.165) is 11.1 Å². The van der Waals surface area contributed by atoms with Crippen LogP contribution in [0.2, 0.25) is 0 Å². The van der Waals surface area contributed by atoms with Crippen molar-refractivity contribution in [2.45, 2.75) is 6.54 Å². The van der Waals surface area contributed by atoms with Gasteiger partial charge in [0, 0.05) is 25.8 Å². The molecule has 0 unspecified atom stereocenters. The molecule has 0 aliphatic rings. The second kappa shape index (κ2) is 9.94. The fourth-order valence-corrected chi connectivity index (χ4v) is 1.85. The predicted octanol–water partition coefficient (Wildman–Crippen LogP) is 0.225. The first kappa shape index (κ1) is 17.2. The molecule has 21 heavy (non-hydrogen) atoms. The van der Waals surface area contributed by atoms with Crippen molar-refractivity contribution in [2.75, 3.05) is 40.5 Å². The highest BCUT2D eigenvalue weighted by Gasteiger charge is 2.06. The van der Waals surface area contributed by atoms with Crippen molar-refractivity contribution in [1.82, 2.24) is 10.2 Å². The summed E-state index contributed by atoms with van der Waals surface area (Å²) in [5.41, 5.74) is 1.94. The summed E-state index contributed by atoms with van der Waals surface area (Å²) in [5, 5.41) is 11.5. The van der Waals surface area contributed by atoms with Crippen LogP contribution >= 0.6 is 0 Å². The molecule has 114 valence electrons. The summed E-state index contributed by atoms with van der Waals surface area (Å²) < 4.78 is 4.88. The summed E-state index contributed by atoms with van der Waals surface area (Å²) in [7, 11) is 3.49. The number of carbonyl (C=O) groups excluding carboxylic acids is 1. The number of ether oxygens (including phenoxy) is 1. The Morgan fingerprint density at radius 2 is 2.29 bits per heavy atom. The van der Waals surface area contributed by atoms with E-state index in [1.807, 2.05) is 36.2 Å². The van der Waals surface area contributed by atoms with Crippen LogP contribution in [0.5, 0.6) is 0 Å². The molecule has 1 aromatic rings. The van der Waals surface area contributed by atoms with Gasteiger partial charge in [-0.2, -0.15) is 0 Å². The molecule has 0 aromatic heterocycles. The minimum Gasteiger partial charge on any atom is -0.384 e. The number of hydrogen-bond donors (Lipinski definition) is 2. The number of nitrogens with zero attached hydrogens (tertiary/aromatic N) is 1. The van der Waals surface area contributed by atoms with Crippen molar-refractivity contribution in [1.29, 1.82) is 0 Å². The Kier molecular flexibility index (Phi) is 8.14. The SMILES string of the molecule is COCCNC(=O)CN(C)Cc1cccc(C#CCO)c1. The second-order valence-corrected chi connectivity index (χ2v) is 4.68. The molecular formula is C16H22N2O3. The molecule has 5 nitrogen and oxygen atoms in total. The minimum absolute atomic E-state index is 0.0224. The van der Waals surface area contributed by atoms with Crippen LogP contribution in [0.15, 0.2) is 24.3 Å². The number of rotatable bonds is 7. The van der Waals surface area contributed by atoms with Crippen LogP contribution < -0.4 is 5.32 Å². The molecule has 0 radical (unpaired) electrons. The molecule has 5 heteroatoms. The molecule has 1 aromatic carbocycles. The normalized spacial score (nSPS) is 10.1. The highest BCUT2D eigenvalue weighted by molar-refractivity contribution is 5.77. The molecule has 0 aliphatic heterocycles. The Balaban J connectivity index is 2.47. The van der Waals surface area contributed by atoms with Gasteiger partial charge >= 0.3 is 0 Å². The largest absolute Gasteiger partial charge is 0.384 e. The molecule has 1 rings (SSSR count). The number of amides is 1. The summed E-state index contributed by atoms with van der Waals surface area (Å²) in [4.78, 5) is 13.6. The van der Waals surface area contributed by atoms with Gasteiger partial charge in [-0.15, -0.1) is 0 Å². The highest BCUT2D eigenvalue weighted by Crippen LogP contribution is 2.06. The lowest BCUT2D eigenvalue weighted by molar-refractivity contribution is -0.122. The Labute approximate surface area is 125 Å². The average molecular weight is 290 g/mol. The van der Waals surface area contributed by atoms with Gasteiger partial charge in [-0.1, -0.05) is 24.0 Å². The van der Waals surface area contributed by atoms with Gasteiger partial charge in [-0.3, -0.25) is 9.69 Å². The first-order valence-electron chi connectivity index (χ1n) is 6.78. The third-order valence-electron chi connectivity index (χ3n) is 2.73. The fourth-order valence-electron chi connectivity index (χ4n) is 1.85. The van der Waals surface area contributed by atoms with E-state index < -0.39 is 0 Å². The number of methoxy groups -OCH3 is 1. The third-order valence-corrected chi connectivity index (χ3v) is 2.73. The lowest BCUT2D eigenvalue weighted by Gasteiger charge is -2.16. The molecule has 0 heterocycles. The zero-order valence-corrected chi connectivity index (χ0v) is 12.6. The standard InChI is InChI=1S/C16H22N2O3/c1-18(13-16(20)17-8-10-21-2)12-15-6-3-5-14(11-15)7-4-9-19/h3,5-6,11,19H,8-10,12-13H2,1-2H3,(H,17,20). The molecule has 0 bridgehead atoms. The van der Waals surface area contributed by atoms with Gasteiger partial charge in [0.15, 0.2) is 0 Å². The number of benzene rings is 1. The molecule has 0 spiro atoms. The molecule has 0 saturated carbocycles. The van der Waals surface area contributed by atoms with Crippen LogP contribution in [0.3, 0.4) is 0 Å². The van der Waals surface area contributed by atoms with E-state index in [0.29, 0.717) is 26.2 Å². The van der Waals surface area contributed by atoms with Crippen molar-refractivity contribution in [3.63, 3.8) is 0 Å². The van der Waals surface area contributed by atoms with Gasteiger partial charge in [-0.05, 0) is 24.7 Å². The Morgan fingerprint density at radius 1 is 1.48 bits per heavy atom. The van der Waals surface area contributed by atoms with Crippen LogP contribution in [0.1, 0.15) is 11.1 Å². The van der Waals surface area contributed by atoms with Crippen LogP contribution in [-0.4, -0.2) is 56.4 Å². The van der Waals surface area contributed by atoms with E-state index in [1.54, 1.807) is 7.11 Å². The second-order valence-electron chi connectivity index (χ2n) is 4.68. The lowest BCUT2D eigenvalue weighted by Crippen LogP contribution is -2.36. The summed E-state index contributed by atoms with van der Waals surface area (Å²) in [5.74, 6) is 5.47. The van der Waals surface area contributed by atoms with Crippen LogP contribution in [0.4, 0.5) is 0 Å². The zero-order chi connectivity index (χ0) is 15.5. The third kappa shape index (κ3) is 7.47. The molecular weight excluding hydrogens is 268 g/mol. The summed E-state index contributed by atoms with van der Waals surface area (Å²) in [6, 6.07) is 7.76. The van der Waals surface area contributed by atoms with Crippen LogP contribution in [-0.2, 0) is 16.1 Å². The van der Waals surface area contributed by atoms with E-state index in [4.69, 9.17) is 9.84 Å². The van der Waals surface area contributed by atoms with E-state index in [9.17, 15) is 4.79 Å². The van der Waals surface area contributed by atoms with Crippen molar-refractivity contribution < 1.29 is 14.6 Å². The highest BCUT2D eigenvalue weighted by atomic mass is 16.5. The average Bonchev–Trinajstić information content (AvgIpc) is 2.45. The first-order valence-corrected chi connectivity index (χ1v) is 6.78. The zero-order valence-electron chi connectivity index (χ0n) is 12.6. The van der Waals surface area contributed by atoms with Gasteiger partial charge in [0.2, 0.25) is 5.91 Å². The molecule has 0 saturated heterocycles. The Hall–Kier alpha value is -1.87. The van der Waals surface area contributed by atoms with Gasteiger partial charge in [0.05, 0.1) is 13.2 Å². The summed E-state index contributed by atoms with van der Waals surface area (Å²) in [6.45, 7) is 1.88. The number of hydrogen-bond acceptors (Lipinski definition) is 4. The fraction of sp³-hybridized carbons (Fsp3) is 0.438. The minimum atomic E-state index is -0.147. The van der Waals surface area contributed by atoms with Crippen molar-refractivity contribution in [3.8, 4) is 11.8 Å². The van der Waals surface area contributed by atoms with Gasteiger partial charge in [0.1, 0.15) is 6.61 Å². The number of aliphatic hydroxyl groups excluding tert-OH is 1. The Bertz CT molecular complexity index is 506. The summed E-state index contributed by atoms with van der Waals surface area (Å²) >= 11 is 0. The van der Waals surface area contributed by atoms with Crippen LogP contribution in [0, 0.1) is 11.8 Å². The molecule has 2 N–H and O–H groups in total. The van der Waals surface area contributed by atoms with E-state index in [-0.39, 0.29) is 12.5 Å². The summed E-state index contributed by atoms with van der Waals surface area (Å²) in [6.07, 6.45) is 0. The number of aliphatic hydroxyl groups is 1. The van der Waals surface area contributed by atoms with Crippen molar-refractivity contribution in [3.05, 3.63) is 35.4 Å². The first-order chi connectivity index (χ1) is 10.2. The van der Waals surface area contributed by atoms with Crippen molar-refractivity contribution >= 4 is 5.91 Å². The van der Waals surface area contributed by atoms with Gasteiger partial charge in [0.25, 0.3) is 0 Å². The molecule has 1 amide bonds. The molecule has 0 atom stereocenters. The number of nitrogens with one attached hydrogen (secondary N) is 1. The topological polar surface area (TPSA) is 61.8 Å². The maximum absolute atomic E-state index is 11.7. The number of likely N-dealkylation sites (N-methyl/N-ethyl adjacent to an activating group) is 1. The Morgan fingerprint density at radius 3 is 3.00 bits per heavy atom. The van der Waals surface area contributed by atoms with E-state index in [1.165, 1.54) is 0 Å². The maximum atomic E-state index is 11.7. The van der Waals surface area contributed by atoms with Gasteiger partial charge < -0.3 is 15.2 Å². The van der Waals surface area contributed by atoms with Gasteiger partial charge in [-0.25, -0.2) is 0 Å². The van der Waals surface area contributed by atoms with E-state index in [2.05, 4.69) is 17.2 Å². The van der Waals surface area contributed by atoms with Crippen LogP contribution in [0.25, 0.3) is 0 Å².